The van der Waals surface area contributed by atoms with Crippen molar-refractivity contribution in [3.05, 3.63) is 22.7 Å². The van der Waals surface area contributed by atoms with Crippen molar-refractivity contribution in [3.63, 3.8) is 0 Å². The zero-order chi connectivity index (χ0) is 11.1. The lowest BCUT2D eigenvalue weighted by Gasteiger charge is -2.47. The van der Waals surface area contributed by atoms with E-state index < -0.39 is 0 Å². The summed E-state index contributed by atoms with van der Waals surface area (Å²) in [5.41, 5.74) is 1.68. The highest BCUT2D eigenvalue weighted by molar-refractivity contribution is 9.10. The van der Waals surface area contributed by atoms with E-state index in [-0.39, 0.29) is 0 Å². The summed E-state index contributed by atoms with van der Waals surface area (Å²) in [6.07, 6.45) is 0. The number of hydrogen-bond donors (Lipinski definition) is 0. The van der Waals surface area contributed by atoms with E-state index in [0.29, 0.717) is 5.41 Å². The fourth-order valence-corrected chi connectivity index (χ4v) is 2.52. The maximum absolute atomic E-state index is 5.23. The molecule has 1 aliphatic heterocycles. The minimum absolute atomic E-state index is 0.447. The molecule has 1 aromatic rings. The highest BCUT2D eigenvalue weighted by atomic mass is 79.9. The summed E-state index contributed by atoms with van der Waals surface area (Å²) >= 11 is 3.58. The Labute approximate surface area is 99.4 Å². The lowest BCUT2D eigenvalue weighted by atomic mass is 9.84. The molecule has 2 rings (SSSR count). The van der Waals surface area contributed by atoms with Crippen LogP contribution in [0.3, 0.4) is 0 Å². The number of rotatable bonds is 2. The molecule has 15 heavy (non-hydrogen) atoms. The van der Waals surface area contributed by atoms with Gasteiger partial charge in [-0.1, -0.05) is 13.8 Å². The van der Waals surface area contributed by atoms with Gasteiger partial charge in [-0.05, 0) is 33.5 Å². The molecule has 0 aromatic heterocycles. The summed E-state index contributed by atoms with van der Waals surface area (Å²) < 4.78 is 6.37. The molecule has 1 aromatic carbocycles. The second-order valence-corrected chi connectivity index (χ2v) is 5.69. The van der Waals surface area contributed by atoms with Crippen molar-refractivity contribution in [2.24, 2.45) is 5.41 Å². The standard InChI is InChI=1S/C12H16BrNO/c1-12(2)7-14(8-12)11-6-9(15-3)4-5-10(11)13/h4-6H,7-8H2,1-3H3. The molecule has 1 saturated heterocycles. The first-order valence-corrected chi connectivity index (χ1v) is 5.90. The van der Waals surface area contributed by atoms with Crippen molar-refractivity contribution < 1.29 is 4.74 Å². The number of hydrogen-bond acceptors (Lipinski definition) is 2. The van der Waals surface area contributed by atoms with E-state index in [0.717, 1.165) is 23.3 Å². The quantitative estimate of drug-likeness (QED) is 0.817. The number of nitrogens with zero attached hydrogens (tertiary/aromatic N) is 1. The van der Waals surface area contributed by atoms with Crippen molar-refractivity contribution >= 4 is 21.6 Å². The van der Waals surface area contributed by atoms with Gasteiger partial charge in [-0.15, -0.1) is 0 Å². The molecule has 3 heteroatoms. The largest absolute Gasteiger partial charge is 0.497 e. The molecule has 0 unspecified atom stereocenters. The van der Waals surface area contributed by atoms with Crippen LogP contribution in [0.25, 0.3) is 0 Å². The van der Waals surface area contributed by atoms with Gasteiger partial charge in [0, 0.05) is 23.6 Å². The van der Waals surface area contributed by atoms with E-state index in [9.17, 15) is 0 Å². The van der Waals surface area contributed by atoms with Crippen LogP contribution in [-0.2, 0) is 0 Å². The minimum Gasteiger partial charge on any atom is -0.497 e. The van der Waals surface area contributed by atoms with Gasteiger partial charge in [-0.3, -0.25) is 0 Å². The molecule has 1 fully saturated rings. The van der Waals surface area contributed by atoms with Crippen LogP contribution in [0.1, 0.15) is 13.8 Å². The van der Waals surface area contributed by atoms with Crippen molar-refractivity contribution in [1.29, 1.82) is 0 Å². The Bertz CT molecular complexity index is 368. The molecule has 82 valence electrons. The Morgan fingerprint density at radius 3 is 2.53 bits per heavy atom. The highest BCUT2D eigenvalue weighted by Crippen LogP contribution is 2.38. The predicted octanol–water partition coefficient (Wildman–Crippen LogP) is 3.30. The lowest BCUT2D eigenvalue weighted by Crippen LogP contribution is -2.53. The molecule has 0 spiro atoms. The van der Waals surface area contributed by atoms with Gasteiger partial charge in [0.25, 0.3) is 0 Å². The van der Waals surface area contributed by atoms with Crippen LogP contribution < -0.4 is 9.64 Å². The summed E-state index contributed by atoms with van der Waals surface area (Å²) in [4.78, 5) is 2.37. The van der Waals surface area contributed by atoms with Crippen molar-refractivity contribution in [2.75, 3.05) is 25.1 Å². The van der Waals surface area contributed by atoms with Crippen LogP contribution in [0.15, 0.2) is 22.7 Å². The van der Waals surface area contributed by atoms with E-state index in [1.807, 2.05) is 12.1 Å². The van der Waals surface area contributed by atoms with Gasteiger partial charge < -0.3 is 9.64 Å². The predicted molar refractivity (Wildman–Crippen MR) is 66.7 cm³/mol. The normalized spacial score (nSPS) is 18.5. The van der Waals surface area contributed by atoms with Gasteiger partial charge in [-0.2, -0.15) is 0 Å². The third-order valence-corrected chi connectivity index (χ3v) is 3.40. The lowest BCUT2D eigenvalue weighted by molar-refractivity contribution is 0.276. The third kappa shape index (κ3) is 2.12. The molecule has 0 saturated carbocycles. The molecule has 0 amide bonds. The van der Waals surface area contributed by atoms with Gasteiger partial charge in [0.05, 0.1) is 12.8 Å². The summed E-state index contributed by atoms with van der Waals surface area (Å²) in [6, 6.07) is 6.09. The van der Waals surface area contributed by atoms with Crippen LogP contribution in [0.4, 0.5) is 5.69 Å². The summed E-state index contributed by atoms with van der Waals surface area (Å²) in [6.45, 7) is 6.80. The molecule has 0 atom stereocenters. The third-order valence-electron chi connectivity index (χ3n) is 2.73. The van der Waals surface area contributed by atoms with Crippen LogP contribution in [0.5, 0.6) is 5.75 Å². The number of halogens is 1. The molecule has 0 aliphatic carbocycles. The van der Waals surface area contributed by atoms with E-state index in [4.69, 9.17) is 4.74 Å². The first-order chi connectivity index (χ1) is 7.02. The molecular weight excluding hydrogens is 254 g/mol. The van der Waals surface area contributed by atoms with Crippen LogP contribution >= 0.6 is 15.9 Å². The number of ether oxygens (including phenoxy) is 1. The maximum atomic E-state index is 5.23. The topological polar surface area (TPSA) is 12.5 Å². The smallest absolute Gasteiger partial charge is 0.121 e. The van der Waals surface area contributed by atoms with E-state index >= 15 is 0 Å². The first kappa shape index (κ1) is 10.8. The number of benzene rings is 1. The van der Waals surface area contributed by atoms with Crippen molar-refractivity contribution in [2.45, 2.75) is 13.8 Å². The molecular formula is C12H16BrNO. The fourth-order valence-electron chi connectivity index (χ4n) is 2.02. The summed E-state index contributed by atoms with van der Waals surface area (Å²) in [5, 5.41) is 0. The Morgan fingerprint density at radius 1 is 1.33 bits per heavy atom. The van der Waals surface area contributed by atoms with Crippen LogP contribution in [0.2, 0.25) is 0 Å². The van der Waals surface area contributed by atoms with E-state index in [2.05, 4.69) is 40.7 Å². The van der Waals surface area contributed by atoms with E-state index in [1.54, 1.807) is 7.11 Å². The van der Waals surface area contributed by atoms with Crippen molar-refractivity contribution in [1.82, 2.24) is 0 Å². The SMILES string of the molecule is COc1ccc(Br)c(N2CC(C)(C)C2)c1. The molecule has 1 heterocycles. The summed E-state index contributed by atoms with van der Waals surface area (Å²) in [5.74, 6) is 0.915. The molecule has 2 nitrogen and oxygen atoms in total. The Hall–Kier alpha value is -0.700. The van der Waals surface area contributed by atoms with Crippen LogP contribution in [-0.4, -0.2) is 20.2 Å². The second-order valence-electron chi connectivity index (χ2n) is 4.84. The molecule has 0 bridgehead atoms. The molecule has 1 aliphatic rings. The average molecular weight is 270 g/mol. The van der Waals surface area contributed by atoms with E-state index in [1.165, 1.54) is 5.69 Å². The summed E-state index contributed by atoms with van der Waals surface area (Å²) in [7, 11) is 1.70. The maximum Gasteiger partial charge on any atom is 0.121 e. The van der Waals surface area contributed by atoms with Gasteiger partial charge >= 0.3 is 0 Å². The van der Waals surface area contributed by atoms with Gasteiger partial charge in [0.2, 0.25) is 0 Å². The Morgan fingerprint density at radius 2 is 2.00 bits per heavy atom. The number of anilines is 1. The fraction of sp³-hybridized carbons (Fsp3) is 0.500. The van der Waals surface area contributed by atoms with Crippen LogP contribution in [0, 0.1) is 5.41 Å². The van der Waals surface area contributed by atoms with Gasteiger partial charge in [0.15, 0.2) is 0 Å². The number of methoxy groups -OCH3 is 1. The first-order valence-electron chi connectivity index (χ1n) is 5.10. The van der Waals surface area contributed by atoms with Crippen molar-refractivity contribution in [3.8, 4) is 5.75 Å². The Balaban J connectivity index is 2.21. The second kappa shape index (κ2) is 3.71. The minimum atomic E-state index is 0.447. The molecule has 0 N–H and O–H groups in total. The zero-order valence-electron chi connectivity index (χ0n) is 9.38. The Kier molecular flexibility index (Phi) is 2.67. The van der Waals surface area contributed by atoms with Gasteiger partial charge in [0.1, 0.15) is 5.75 Å². The zero-order valence-corrected chi connectivity index (χ0v) is 11.0. The highest BCUT2D eigenvalue weighted by Gasteiger charge is 2.35. The molecule has 0 radical (unpaired) electrons. The monoisotopic (exact) mass is 269 g/mol. The average Bonchev–Trinajstić information content (AvgIpc) is 2.15. The van der Waals surface area contributed by atoms with Gasteiger partial charge in [-0.25, -0.2) is 0 Å².